The highest BCUT2D eigenvalue weighted by molar-refractivity contribution is 5.92. The quantitative estimate of drug-likeness (QED) is 0.830. The van der Waals surface area contributed by atoms with E-state index in [1.54, 1.807) is 53.4 Å². The van der Waals surface area contributed by atoms with Crippen LogP contribution in [-0.2, 0) is 20.9 Å². The Morgan fingerprint density at radius 2 is 1.69 bits per heavy atom. The van der Waals surface area contributed by atoms with E-state index in [9.17, 15) is 9.59 Å². The standard InChI is InChI=1S/C20H21NO5/c22-14-15-6-8-17(9-7-15)20(24)26-18(16-4-2-1-3-5-16)19(23)21-10-12-25-13-11-21/h1-9,18,22H,10-14H2/t18-/m1/s1. The molecule has 0 unspecified atom stereocenters. The molecule has 1 atom stereocenters. The topological polar surface area (TPSA) is 76.1 Å². The fourth-order valence-electron chi connectivity index (χ4n) is 2.76. The molecule has 2 aromatic rings. The van der Waals surface area contributed by atoms with Gasteiger partial charge in [-0.3, -0.25) is 4.79 Å². The molecule has 0 aromatic heterocycles. The molecular formula is C20H21NO5. The summed E-state index contributed by atoms with van der Waals surface area (Å²) in [6, 6.07) is 15.4. The van der Waals surface area contributed by atoms with Crippen LogP contribution in [0.3, 0.4) is 0 Å². The molecule has 3 rings (SSSR count). The number of ether oxygens (including phenoxy) is 2. The maximum atomic E-state index is 12.9. The maximum Gasteiger partial charge on any atom is 0.339 e. The largest absolute Gasteiger partial charge is 0.444 e. The summed E-state index contributed by atoms with van der Waals surface area (Å²) < 4.78 is 10.9. The van der Waals surface area contributed by atoms with Crippen LogP contribution in [0.4, 0.5) is 0 Å². The van der Waals surface area contributed by atoms with E-state index < -0.39 is 12.1 Å². The molecule has 136 valence electrons. The van der Waals surface area contributed by atoms with Gasteiger partial charge in [0.25, 0.3) is 5.91 Å². The van der Waals surface area contributed by atoms with Crippen molar-refractivity contribution in [3.05, 3.63) is 71.3 Å². The van der Waals surface area contributed by atoms with Crippen molar-refractivity contribution in [2.24, 2.45) is 0 Å². The average molecular weight is 355 g/mol. The monoisotopic (exact) mass is 355 g/mol. The van der Waals surface area contributed by atoms with Gasteiger partial charge in [0.2, 0.25) is 6.10 Å². The first-order valence-corrected chi connectivity index (χ1v) is 8.51. The van der Waals surface area contributed by atoms with Crippen LogP contribution in [0.2, 0.25) is 0 Å². The van der Waals surface area contributed by atoms with Gasteiger partial charge in [-0.05, 0) is 17.7 Å². The normalized spacial score (nSPS) is 15.3. The number of morpholine rings is 1. The lowest BCUT2D eigenvalue weighted by atomic mass is 10.1. The summed E-state index contributed by atoms with van der Waals surface area (Å²) in [6.07, 6.45) is -1.00. The number of carbonyl (C=O) groups is 2. The van der Waals surface area contributed by atoms with Gasteiger partial charge in [-0.25, -0.2) is 4.79 Å². The molecule has 1 saturated heterocycles. The number of hydrogen-bond donors (Lipinski definition) is 1. The van der Waals surface area contributed by atoms with Crippen molar-refractivity contribution in [3.8, 4) is 0 Å². The lowest BCUT2D eigenvalue weighted by Gasteiger charge is -2.30. The molecule has 2 aromatic carbocycles. The van der Waals surface area contributed by atoms with Gasteiger partial charge in [0.05, 0.1) is 25.4 Å². The Morgan fingerprint density at radius 1 is 1.04 bits per heavy atom. The van der Waals surface area contributed by atoms with E-state index in [2.05, 4.69) is 0 Å². The molecule has 1 aliphatic heterocycles. The number of aliphatic hydroxyl groups excluding tert-OH is 1. The number of benzene rings is 2. The minimum Gasteiger partial charge on any atom is -0.444 e. The molecule has 1 heterocycles. The van der Waals surface area contributed by atoms with Crippen molar-refractivity contribution in [2.75, 3.05) is 26.3 Å². The summed E-state index contributed by atoms with van der Waals surface area (Å²) in [5.41, 5.74) is 1.66. The zero-order valence-corrected chi connectivity index (χ0v) is 14.3. The van der Waals surface area contributed by atoms with E-state index >= 15 is 0 Å². The second-order valence-electron chi connectivity index (χ2n) is 5.99. The molecular weight excluding hydrogens is 334 g/mol. The summed E-state index contributed by atoms with van der Waals surface area (Å²) in [6.45, 7) is 1.81. The van der Waals surface area contributed by atoms with Gasteiger partial charge >= 0.3 is 5.97 Å². The fourth-order valence-corrected chi connectivity index (χ4v) is 2.76. The summed E-state index contributed by atoms with van der Waals surface area (Å²) in [7, 11) is 0. The van der Waals surface area contributed by atoms with Gasteiger partial charge in [0, 0.05) is 18.7 Å². The van der Waals surface area contributed by atoms with Crippen LogP contribution in [-0.4, -0.2) is 48.2 Å². The molecule has 6 nitrogen and oxygen atoms in total. The third-order valence-corrected chi connectivity index (χ3v) is 4.25. The van der Waals surface area contributed by atoms with E-state index in [0.717, 1.165) is 0 Å². The van der Waals surface area contributed by atoms with Crippen molar-refractivity contribution in [1.82, 2.24) is 4.90 Å². The first-order valence-electron chi connectivity index (χ1n) is 8.51. The highest BCUT2D eigenvalue weighted by Crippen LogP contribution is 2.23. The van der Waals surface area contributed by atoms with E-state index in [1.165, 1.54) is 0 Å². The predicted molar refractivity (Wildman–Crippen MR) is 94.4 cm³/mol. The highest BCUT2D eigenvalue weighted by Gasteiger charge is 2.30. The summed E-state index contributed by atoms with van der Waals surface area (Å²) >= 11 is 0. The van der Waals surface area contributed by atoms with Gasteiger partial charge in [0.1, 0.15) is 0 Å². The molecule has 6 heteroatoms. The lowest BCUT2D eigenvalue weighted by molar-refractivity contribution is -0.145. The Kier molecular flexibility index (Phi) is 5.99. The molecule has 1 aliphatic rings. The molecule has 0 bridgehead atoms. The second-order valence-corrected chi connectivity index (χ2v) is 5.99. The molecule has 1 amide bonds. The summed E-state index contributed by atoms with van der Waals surface area (Å²) in [5, 5.41) is 9.10. The van der Waals surface area contributed by atoms with Gasteiger partial charge < -0.3 is 19.5 Å². The molecule has 0 saturated carbocycles. The maximum absolute atomic E-state index is 12.9. The van der Waals surface area contributed by atoms with Crippen molar-refractivity contribution >= 4 is 11.9 Å². The van der Waals surface area contributed by atoms with Crippen LogP contribution in [0.5, 0.6) is 0 Å². The number of esters is 1. The SMILES string of the molecule is O=C(O[C@@H](C(=O)N1CCOCC1)c1ccccc1)c1ccc(CO)cc1. The fraction of sp³-hybridized carbons (Fsp3) is 0.300. The number of nitrogens with zero attached hydrogens (tertiary/aromatic N) is 1. The predicted octanol–water partition coefficient (Wildman–Crippen LogP) is 1.94. The Balaban J connectivity index is 1.80. The summed E-state index contributed by atoms with van der Waals surface area (Å²) in [4.78, 5) is 27.1. The lowest BCUT2D eigenvalue weighted by Crippen LogP contribution is -2.44. The first-order chi connectivity index (χ1) is 12.7. The van der Waals surface area contributed by atoms with Crippen molar-refractivity contribution < 1.29 is 24.2 Å². The number of rotatable bonds is 5. The third-order valence-electron chi connectivity index (χ3n) is 4.25. The molecule has 0 radical (unpaired) electrons. The Labute approximate surface area is 152 Å². The molecule has 26 heavy (non-hydrogen) atoms. The van der Waals surface area contributed by atoms with Gasteiger partial charge in [0.15, 0.2) is 0 Å². The molecule has 1 N–H and O–H groups in total. The van der Waals surface area contributed by atoms with E-state index in [1.807, 2.05) is 6.07 Å². The van der Waals surface area contributed by atoms with Crippen LogP contribution in [0.25, 0.3) is 0 Å². The van der Waals surface area contributed by atoms with Crippen LogP contribution in [0.15, 0.2) is 54.6 Å². The van der Waals surface area contributed by atoms with Crippen LogP contribution < -0.4 is 0 Å². The average Bonchev–Trinajstić information content (AvgIpc) is 2.72. The third kappa shape index (κ3) is 4.28. The Hall–Kier alpha value is -2.70. The van der Waals surface area contributed by atoms with E-state index in [-0.39, 0.29) is 12.5 Å². The minimum atomic E-state index is -1.00. The van der Waals surface area contributed by atoms with E-state index in [0.29, 0.717) is 43.0 Å². The highest BCUT2D eigenvalue weighted by atomic mass is 16.5. The number of hydrogen-bond acceptors (Lipinski definition) is 5. The number of carbonyl (C=O) groups excluding carboxylic acids is 2. The molecule has 0 spiro atoms. The van der Waals surface area contributed by atoms with Gasteiger partial charge in [-0.15, -0.1) is 0 Å². The van der Waals surface area contributed by atoms with Crippen LogP contribution in [0.1, 0.15) is 27.6 Å². The molecule has 0 aliphatic carbocycles. The van der Waals surface area contributed by atoms with Crippen molar-refractivity contribution in [3.63, 3.8) is 0 Å². The van der Waals surface area contributed by atoms with Crippen molar-refractivity contribution in [2.45, 2.75) is 12.7 Å². The van der Waals surface area contributed by atoms with Crippen LogP contribution >= 0.6 is 0 Å². The second kappa shape index (κ2) is 8.60. The number of aliphatic hydroxyl groups is 1. The zero-order valence-electron chi connectivity index (χ0n) is 14.3. The van der Waals surface area contributed by atoms with E-state index in [4.69, 9.17) is 14.6 Å². The smallest absolute Gasteiger partial charge is 0.339 e. The Bertz CT molecular complexity index is 739. The zero-order chi connectivity index (χ0) is 18.4. The van der Waals surface area contributed by atoms with Crippen LogP contribution in [0, 0.1) is 0 Å². The van der Waals surface area contributed by atoms with Gasteiger partial charge in [-0.2, -0.15) is 0 Å². The first kappa shape index (κ1) is 18.1. The van der Waals surface area contributed by atoms with Gasteiger partial charge in [-0.1, -0.05) is 42.5 Å². The molecule has 1 fully saturated rings. The number of amides is 1. The Morgan fingerprint density at radius 3 is 2.31 bits per heavy atom. The summed E-state index contributed by atoms with van der Waals surface area (Å²) in [5.74, 6) is -0.829. The van der Waals surface area contributed by atoms with Crippen molar-refractivity contribution in [1.29, 1.82) is 0 Å². The minimum absolute atomic E-state index is 0.0997.